The average Bonchev–Trinajstić information content (AvgIpc) is 2.45. The molecule has 0 aliphatic heterocycles. The first-order valence-corrected chi connectivity index (χ1v) is 4.30. The molecule has 1 aromatic carbocycles. The molecule has 0 aromatic heterocycles. The molecule has 0 fully saturated rings. The monoisotopic (exact) mass is 183 g/mol. The van der Waals surface area contributed by atoms with Gasteiger partial charge in [-0.05, 0) is 5.56 Å². The summed E-state index contributed by atoms with van der Waals surface area (Å²) in [4.78, 5) is 0. The van der Waals surface area contributed by atoms with E-state index in [0.29, 0.717) is 12.0 Å². The van der Waals surface area contributed by atoms with Crippen molar-refractivity contribution in [3.05, 3.63) is 41.2 Å². The Kier molecular flexibility index (Phi) is 1.86. The predicted molar refractivity (Wildman–Crippen MR) is 56.3 cm³/mol. The van der Waals surface area contributed by atoms with E-state index in [1.807, 2.05) is 24.3 Å². The number of allylic oxidation sites excluding steroid dienone is 2. The van der Waals surface area contributed by atoms with Crippen LogP contribution in [0.15, 0.2) is 30.0 Å². The molecule has 2 N–H and O–H groups in total. The predicted octanol–water partition coefficient (Wildman–Crippen LogP) is 2.36. The highest BCUT2D eigenvalue weighted by molar-refractivity contribution is 6.20. The van der Waals surface area contributed by atoms with Crippen molar-refractivity contribution in [1.82, 2.24) is 0 Å². The Labute approximate surface area is 82.4 Å². The highest BCUT2D eigenvalue weighted by Crippen LogP contribution is 2.32. The number of rotatable bonds is 1. The SMILES string of the molecule is C#CCC1=C(O)C(=N)c2ccccc21. The van der Waals surface area contributed by atoms with Crippen molar-refractivity contribution in [2.24, 2.45) is 0 Å². The van der Waals surface area contributed by atoms with E-state index in [4.69, 9.17) is 11.8 Å². The summed E-state index contributed by atoms with van der Waals surface area (Å²) in [7, 11) is 0. The molecule has 0 unspecified atom stereocenters. The van der Waals surface area contributed by atoms with Crippen molar-refractivity contribution in [1.29, 1.82) is 5.41 Å². The van der Waals surface area contributed by atoms with Crippen LogP contribution in [0.5, 0.6) is 0 Å². The van der Waals surface area contributed by atoms with Gasteiger partial charge in [-0.1, -0.05) is 24.3 Å². The van der Waals surface area contributed by atoms with Crippen LogP contribution in [-0.4, -0.2) is 10.8 Å². The molecule has 2 heteroatoms. The Hall–Kier alpha value is -2.01. The summed E-state index contributed by atoms with van der Waals surface area (Å²) in [6.45, 7) is 0. The van der Waals surface area contributed by atoms with Gasteiger partial charge in [-0.2, -0.15) is 0 Å². The van der Waals surface area contributed by atoms with Crippen LogP contribution in [0.2, 0.25) is 0 Å². The molecular weight excluding hydrogens is 174 g/mol. The third-order valence-corrected chi connectivity index (χ3v) is 2.32. The zero-order valence-corrected chi connectivity index (χ0v) is 7.54. The van der Waals surface area contributed by atoms with Crippen molar-refractivity contribution < 1.29 is 5.11 Å². The molecule has 14 heavy (non-hydrogen) atoms. The fourth-order valence-corrected chi connectivity index (χ4v) is 1.65. The molecule has 1 aliphatic rings. The van der Waals surface area contributed by atoms with Crippen LogP contribution < -0.4 is 0 Å². The van der Waals surface area contributed by atoms with E-state index in [9.17, 15) is 5.11 Å². The summed E-state index contributed by atoms with van der Waals surface area (Å²) in [6.07, 6.45) is 5.57. The lowest BCUT2D eigenvalue weighted by atomic mass is 10.0. The van der Waals surface area contributed by atoms with Crippen molar-refractivity contribution >= 4 is 11.3 Å². The molecular formula is C12H9NO. The molecule has 0 heterocycles. The fourth-order valence-electron chi connectivity index (χ4n) is 1.65. The van der Waals surface area contributed by atoms with E-state index in [1.54, 1.807) is 0 Å². The van der Waals surface area contributed by atoms with E-state index in [2.05, 4.69) is 5.92 Å². The normalized spacial score (nSPS) is 14.1. The Morgan fingerprint density at radius 2 is 1.93 bits per heavy atom. The smallest absolute Gasteiger partial charge is 0.145 e. The Morgan fingerprint density at radius 3 is 2.57 bits per heavy atom. The minimum Gasteiger partial charge on any atom is -0.505 e. The highest BCUT2D eigenvalue weighted by Gasteiger charge is 2.24. The van der Waals surface area contributed by atoms with Crippen molar-refractivity contribution in [2.75, 3.05) is 0 Å². The number of aliphatic hydroxyl groups excluding tert-OH is 1. The molecule has 1 aromatic rings. The zero-order chi connectivity index (χ0) is 10.1. The number of fused-ring (bicyclic) bond motifs is 1. The van der Waals surface area contributed by atoms with Crippen LogP contribution in [0.4, 0.5) is 0 Å². The average molecular weight is 183 g/mol. The lowest BCUT2D eigenvalue weighted by Crippen LogP contribution is -1.96. The van der Waals surface area contributed by atoms with E-state index < -0.39 is 0 Å². The fraction of sp³-hybridized carbons (Fsp3) is 0.0833. The van der Waals surface area contributed by atoms with Gasteiger partial charge in [-0.25, -0.2) is 0 Å². The first-order chi connectivity index (χ1) is 6.75. The Balaban J connectivity index is 2.62. The molecule has 0 atom stereocenters. The van der Waals surface area contributed by atoms with Crippen molar-refractivity contribution in [3.63, 3.8) is 0 Å². The molecule has 0 amide bonds. The Bertz CT molecular complexity index is 477. The minimum atomic E-state index is 0.0177. The molecule has 0 bridgehead atoms. The van der Waals surface area contributed by atoms with Crippen LogP contribution >= 0.6 is 0 Å². The molecule has 2 nitrogen and oxygen atoms in total. The van der Waals surface area contributed by atoms with Gasteiger partial charge in [0, 0.05) is 17.6 Å². The first kappa shape index (κ1) is 8.58. The highest BCUT2D eigenvalue weighted by atomic mass is 16.3. The number of hydrogen-bond donors (Lipinski definition) is 2. The maximum Gasteiger partial charge on any atom is 0.145 e. The summed E-state index contributed by atoms with van der Waals surface area (Å²) in [5.74, 6) is 2.50. The second kappa shape index (κ2) is 3.04. The van der Waals surface area contributed by atoms with Crippen LogP contribution in [0.1, 0.15) is 17.5 Å². The van der Waals surface area contributed by atoms with E-state index in [0.717, 1.165) is 11.1 Å². The maximum atomic E-state index is 9.67. The number of aliphatic hydroxyl groups is 1. The summed E-state index contributed by atoms with van der Waals surface area (Å²) >= 11 is 0. The van der Waals surface area contributed by atoms with Crippen LogP contribution in [0.25, 0.3) is 5.57 Å². The van der Waals surface area contributed by atoms with Gasteiger partial charge < -0.3 is 5.11 Å². The standard InChI is InChI=1S/C12H9NO/c1-2-5-10-8-6-3-4-7-9(8)11(13)12(10)14/h1,3-4,6-7H,5H2,(H2,13,14). The number of hydrogen-bond acceptors (Lipinski definition) is 2. The molecule has 1 aliphatic carbocycles. The van der Waals surface area contributed by atoms with Gasteiger partial charge in [-0.3, -0.25) is 5.41 Å². The maximum absolute atomic E-state index is 9.67. The van der Waals surface area contributed by atoms with Gasteiger partial charge in [0.2, 0.25) is 0 Å². The summed E-state index contributed by atoms with van der Waals surface area (Å²) in [6, 6.07) is 7.41. The molecule has 2 rings (SSSR count). The van der Waals surface area contributed by atoms with Gasteiger partial charge in [-0.15, -0.1) is 12.3 Å². The quantitative estimate of drug-likeness (QED) is 0.645. The van der Waals surface area contributed by atoms with Crippen molar-refractivity contribution in [2.45, 2.75) is 6.42 Å². The first-order valence-electron chi connectivity index (χ1n) is 4.30. The molecule has 68 valence electrons. The van der Waals surface area contributed by atoms with E-state index in [-0.39, 0.29) is 11.5 Å². The third kappa shape index (κ3) is 1.03. The van der Waals surface area contributed by atoms with Crippen LogP contribution in [-0.2, 0) is 0 Å². The summed E-state index contributed by atoms with van der Waals surface area (Å²) in [5, 5.41) is 17.3. The second-order valence-corrected chi connectivity index (χ2v) is 3.13. The van der Waals surface area contributed by atoms with Crippen LogP contribution in [0, 0.1) is 17.8 Å². The second-order valence-electron chi connectivity index (χ2n) is 3.13. The van der Waals surface area contributed by atoms with Crippen LogP contribution in [0.3, 0.4) is 0 Å². The summed E-state index contributed by atoms with van der Waals surface area (Å²) < 4.78 is 0. The molecule has 0 spiro atoms. The minimum absolute atomic E-state index is 0.0177. The molecule has 0 saturated carbocycles. The van der Waals surface area contributed by atoms with Gasteiger partial charge in [0.1, 0.15) is 11.5 Å². The number of benzene rings is 1. The van der Waals surface area contributed by atoms with Gasteiger partial charge in [0.05, 0.1) is 0 Å². The lowest BCUT2D eigenvalue weighted by Gasteiger charge is -1.99. The Morgan fingerprint density at radius 1 is 1.29 bits per heavy atom. The van der Waals surface area contributed by atoms with Gasteiger partial charge >= 0.3 is 0 Å². The zero-order valence-electron chi connectivity index (χ0n) is 7.54. The van der Waals surface area contributed by atoms with E-state index >= 15 is 0 Å². The van der Waals surface area contributed by atoms with Crippen molar-refractivity contribution in [3.8, 4) is 12.3 Å². The summed E-state index contributed by atoms with van der Waals surface area (Å²) in [5.41, 5.74) is 2.50. The molecule has 0 radical (unpaired) electrons. The third-order valence-electron chi connectivity index (χ3n) is 2.32. The number of nitrogens with one attached hydrogen (secondary N) is 1. The molecule has 0 saturated heterocycles. The van der Waals surface area contributed by atoms with E-state index in [1.165, 1.54) is 0 Å². The largest absolute Gasteiger partial charge is 0.505 e. The number of terminal acetylenes is 1. The van der Waals surface area contributed by atoms with Gasteiger partial charge in [0.25, 0.3) is 0 Å². The van der Waals surface area contributed by atoms with Gasteiger partial charge in [0.15, 0.2) is 0 Å². The topological polar surface area (TPSA) is 44.1 Å². The lowest BCUT2D eigenvalue weighted by molar-refractivity contribution is 0.446.